The normalized spacial score (nSPS) is 11.4. The molecule has 2 heteroatoms. The molecule has 0 spiro atoms. The minimum absolute atomic E-state index is 0.979. The summed E-state index contributed by atoms with van der Waals surface area (Å²) >= 11 is 0. The Morgan fingerprint density at radius 1 is 0.667 bits per heavy atom. The van der Waals surface area contributed by atoms with Crippen molar-refractivity contribution in [3.05, 3.63) is 96.6 Å². The van der Waals surface area contributed by atoms with Gasteiger partial charge in [0.2, 0.25) is 0 Å². The summed E-state index contributed by atoms with van der Waals surface area (Å²) in [4.78, 5) is 0. The Bertz CT molecular complexity index is 686. The lowest BCUT2D eigenvalue weighted by Crippen LogP contribution is -2.36. The summed E-state index contributed by atoms with van der Waals surface area (Å²) in [6, 6.07) is 32.8. The van der Waals surface area contributed by atoms with Gasteiger partial charge in [-0.25, -0.2) is 0 Å². The third-order valence-corrected chi connectivity index (χ3v) is 8.51. The van der Waals surface area contributed by atoms with Gasteiger partial charge >= 0.3 is 0 Å². The van der Waals surface area contributed by atoms with E-state index in [1.165, 1.54) is 16.2 Å². The van der Waals surface area contributed by atoms with Crippen LogP contribution in [0.3, 0.4) is 0 Å². The third kappa shape index (κ3) is 3.75. The van der Waals surface area contributed by atoms with Crippen molar-refractivity contribution in [2.24, 2.45) is 0 Å². The molecule has 0 aliphatic carbocycles. The zero-order valence-corrected chi connectivity index (χ0v) is 15.1. The smallest absolute Gasteiger partial charge is 0.145 e. The lowest BCUT2D eigenvalue weighted by molar-refractivity contribution is 0.993. The second-order valence-electron chi connectivity index (χ2n) is 5.95. The van der Waals surface area contributed by atoms with Gasteiger partial charge in [0.15, 0.2) is 0 Å². The molecule has 0 aliphatic rings. The van der Waals surface area contributed by atoms with E-state index < -0.39 is 7.41 Å². The molecule has 24 heavy (non-hydrogen) atoms. The van der Waals surface area contributed by atoms with Gasteiger partial charge in [-0.1, -0.05) is 66.7 Å². The van der Waals surface area contributed by atoms with Crippen LogP contribution in [0, 0.1) is 0 Å². The molecule has 0 saturated carbocycles. The third-order valence-electron chi connectivity index (χ3n) is 4.40. The Morgan fingerprint density at radius 2 is 1.12 bits per heavy atom. The van der Waals surface area contributed by atoms with Crippen LogP contribution in [0.25, 0.3) is 0 Å². The van der Waals surface area contributed by atoms with E-state index in [9.17, 15) is 0 Å². The molecule has 0 unspecified atom stereocenters. The highest BCUT2D eigenvalue weighted by Gasteiger charge is 2.41. The standard InChI is InChI=1S/C22H25NP/c1-2-23-24(21-14-8-4-9-15-21,22-16-10-5-11-17-22)19-18-20-12-6-3-7-13-20/h3-17,23H,2,18-19H2,1H3/q+1. The van der Waals surface area contributed by atoms with Crippen LogP contribution in [0.1, 0.15) is 12.5 Å². The average molecular weight is 334 g/mol. The van der Waals surface area contributed by atoms with Crippen molar-refractivity contribution in [1.29, 1.82) is 0 Å². The van der Waals surface area contributed by atoms with E-state index in [0.29, 0.717) is 0 Å². The summed E-state index contributed by atoms with van der Waals surface area (Å²) in [5, 5.41) is 6.79. The van der Waals surface area contributed by atoms with E-state index in [1.807, 2.05) is 0 Å². The highest BCUT2D eigenvalue weighted by Crippen LogP contribution is 2.52. The molecule has 0 heterocycles. The van der Waals surface area contributed by atoms with Gasteiger partial charge in [0, 0.05) is 13.0 Å². The first kappa shape index (κ1) is 16.9. The number of aryl methyl sites for hydroxylation is 1. The maximum absolute atomic E-state index is 3.91. The van der Waals surface area contributed by atoms with Gasteiger partial charge < -0.3 is 0 Å². The molecule has 0 radical (unpaired) electrons. The van der Waals surface area contributed by atoms with Crippen LogP contribution in [0.5, 0.6) is 0 Å². The minimum atomic E-state index is -1.62. The second kappa shape index (κ2) is 8.24. The molecule has 0 atom stereocenters. The molecule has 0 saturated heterocycles. The van der Waals surface area contributed by atoms with Crippen molar-refractivity contribution in [3.63, 3.8) is 0 Å². The van der Waals surface area contributed by atoms with E-state index in [2.05, 4.69) is 103 Å². The fraction of sp³-hybridized carbons (Fsp3) is 0.182. The van der Waals surface area contributed by atoms with E-state index in [4.69, 9.17) is 0 Å². The molecule has 3 aromatic rings. The SMILES string of the molecule is CCN[P+](CCc1ccccc1)(c1ccccc1)c1ccccc1. The van der Waals surface area contributed by atoms with Gasteiger partial charge in [0.25, 0.3) is 0 Å². The van der Waals surface area contributed by atoms with Crippen LogP contribution in [-0.4, -0.2) is 12.7 Å². The summed E-state index contributed by atoms with van der Waals surface area (Å²) in [7, 11) is -1.62. The second-order valence-corrected chi connectivity index (χ2v) is 9.37. The molecule has 1 N–H and O–H groups in total. The molecule has 3 aromatic carbocycles. The Morgan fingerprint density at radius 3 is 1.58 bits per heavy atom. The van der Waals surface area contributed by atoms with Crippen molar-refractivity contribution in [3.8, 4) is 0 Å². The van der Waals surface area contributed by atoms with Crippen molar-refractivity contribution < 1.29 is 0 Å². The highest BCUT2D eigenvalue weighted by molar-refractivity contribution is 7.87. The molecule has 0 bridgehead atoms. The number of rotatable bonds is 7. The monoisotopic (exact) mass is 334 g/mol. The number of hydrogen-bond donors (Lipinski definition) is 1. The zero-order chi connectivity index (χ0) is 16.7. The Kier molecular flexibility index (Phi) is 5.80. The van der Waals surface area contributed by atoms with Crippen LogP contribution < -0.4 is 15.7 Å². The molecule has 0 fully saturated rings. The molecule has 122 valence electrons. The summed E-state index contributed by atoms with van der Waals surface area (Å²) in [6.07, 6.45) is 2.23. The van der Waals surface area contributed by atoms with E-state index >= 15 is 0 Å². The van der Waals surface area contributed by atoms with Crippen molar-refractivity contribution in [2.45, 2.75) is 13.3 Å². The van der Waals surface area contributed by atoms with Crippen molar-refractivity contribution >= 4 is 18.0 Å². The average Bonchev–Trinajstić information content (AvgIpc) is 2.67. The number of benzene rings is 3. The van der Waals surface area contributed by atoms with Gasteiger partial charge in [0.05, 0.1) is 6.16 Å². The molecule has 1 nitrogen and oxygen atoms in total. The van der Waals surface area contributed by atoms with E-state index in [0.717, 1.165) is 19.1 Å². The van der Waals surface area contributed by atoms with Gasteiger partial charge in [-0.05, 0) is 36.8 Å². The molecule has 0 aromatic heterocycles. The molecule has 0 amide bonds. The number of nitrogens with one attached hydrogen (secondary N) is 1. The molecular formula is C22H25NP+. The number of hydrogen-bond acceptors (Lipinski definition) is 1. The first-order chi connectivity index (χ1) is 11.8. The maximum Gasteiger partial charge on any atom is 0.145 e. The Labute approximate surface area is 146 Å². The summed E-state index contributed by atoms with van der Waals surface area (Å²) < 4.78 is 0. The largest absolute Gasteiger partial charge is 0.183 e. The van der Waals surface area contributed by atoms with Crippen LogP contribution in [0.2, 0.25) is 0 Å². The predicted octanol–water partition coefficient (Wildman–Crippen LogP) is 4.42. The van der Waals surface area contributed by atoms with E-state index in [1.54, 1.807) is 0 Å². The lowest BCUT2D eigenvalue weighted by Gasteiger charge is -2.27. The molecule has 0 aliphatic heterocycles. The van der Waals surface area contributed by atoms with Crippen LogP contribution in [-0.2, 0) is 6.42 Å². The quantitative estimate of drug-likeness (QED) is 0.631. The van der Waals surface area contributed by atoms with Crippen molar-refractivity contribution in [1.82, 2.24) is 5.09 Å². The minimum Gasteiger partial charge on any atom is -0.183 e. The van der Waals surface area contributed by atoms with Crippen LogP contribution in [0.4, 0.5) is 0 Å². The van der Waals surface area contributed by atoms with E-state index in [-0.39, 0.29) is 0 Å². The fourth-order valence-electron chi connectivity index (χ4n) is 3.25. The Balaban J connectivity index is 2.01. The fourth-order valence-corrected chi connectivity index (χ4v) is 7.08. The zero-order valence-electron chi connectivity index (χ0n) is 14.2. The highest BCUT2D eigenvalue weighted by atomic mass is 31.2. The first-order valence-electron chi connectivity index (χ1n) is 8.63. The predicted molar refractivity (Wildman–Crippen MR) is 108 cm³/mol. The molecule has 3 rings (SSSR count). The summed E-state index contributed by atoms with van der Waals surface area (Å²) in [6.45, 7) is 3.19. The van der Waals surface area contributed by atoms with Gasteiger partial charge in [-0.3, -0.25) is 0 Å². The van der Waals surface area contributed by atoms with Crippen LogP contribution in [0.15, 0.2) is 91.0 Å². The van der Waals surface area contributed by atoms with Gasteiger partial charge in [0.1, 0.15) is 18.0 Å². The van der Waals surface area contributed by atoms with Gasteiger partial charge in [-0.2, -0.15) is 5.09 Å². The van der Waals surface area contributed by atoms with Crippen LogP contribution >= 0.6 is 7.41 Å². The maximum atomic E-state index is 3.91. The Hall–Kier alpha value is -1.95. The van der Waals surface area contributed by atoms with Gasteiger partial charge in [-0.15, -0.1) is 0 Å². The lowest BCUT2D eigenvalue weighted by atomic mass is 10.2. The summed E-state index contributed by atoms with van der Waals surface area (Å²) in [5.74, 6) is 0. The topological polar surface area (TPSA) is 12.0 Å². The molecular weight excluding hydrogens is 309 g/mol. The van der Waals surface area contributed by atoms with Crippen molar-refractivity contribution in [2.75, 3.05) is 12.7 Å². The first-order valence-corrected chi connectivity index (χ1v) is 10.6. The summed E-state index contributed by atoms with van der Waals surface area (Å²) in [5.41, 5.74) is 1.41.